The number of likely N-dealkylation sites (tertiary alicyclic amines) is 1. The molecule has 2 saturated heterocycles. The SMILES string of the molecule is O=C(O)C(F)(F)F.O=C(O)C(F)(F)F.O=C1COC2(CCN(Cc3ccncc3)CC2)CN1. The number of aromatic nitrogens is 1. The first kappa shape index (κ1) is 28.1. The maximum Gasteiger partial charge on any atom is 0.490 e. The number of hydrogen-bond donors (Lipinski definition) is 3. The number of piperidine rings is 1. The lowest BCUT2D eigenvalue weighted by Gasteiger charge is -2.43. The van der Waals surface area contributed by atoms with E-state index in [1.807, 2.05) is 12.4 Å². The average Bonchev–Trinajstić information content (AvgIpc) is 2.72. The Hall–Kier alpha value is -2.94. The van der Waals surface area contributed by atoms with Gasteiger partial charge < -0.3 is 20.3 Å². The lowest BCUT2D eigenvalue weighted by atomic mass is 9.90. The average molecular weight is 489 g/mol. The van der Waals surface area contributed by atoms with Crippen LogP contribution in [0.1, 0.15) is 18.4 Å². The van der Waals surface area contributed by atoms with Crippen molar-refractivity contribution in [2.24, 2.45) is 0 Å². The van der Waals surface area contributed by atoms with Crippen molar-refractivity contribution in [2.45, 2.75) is 37.3 Å². The van der Waals surface area contributed by atoms with E-state index in [0.717, 1.165) is 32.5 Å². The Morgan fingerprint density at radius 2 is 1.48 bits per heavy atom. The van der Waals surface area contributed by atoms with Gasteiger partial charge in [0, 0.05) is 38.6 Å². The number of carbonyl (C=O) groups is 3. The van der Waals surface area contributed by atoms with Crippen molar-refractivity contribution in [3.05, 3.63) is 30.1 Å². The molecule has 33 heavy (non-hydrogen) atoms. The number of pyridine rings is 1. The Kier molecular flexibility index (Phi) is 10.0. The highest BCUT2D eigenvalue weighted by molar-refractivity contribution is 5.78. The van der Waals surface area contributed by atoms with E-state index in [9.17, 15) is 31.1 Å². The molecule has 186 valence electrons. The normalized spacial score (nSPS) is 18.2. The Morgan fingerprint density at radius 1 is 1.03 bits per heavy atom. The molecule has 0 saturated carbocycles. The molecule has 9 nitrogen and oxygen atoms in total. The number of hydrogen-bond acceptors (Lipinski definition) is 6. The third-order valence-corrected chi connectivity index (χ3v) is 4.53. The largest absolute Gasteiger partial charge is 0.490 e. The van der Waals surface area contributed by atoms with Crippen LogP contribution in [-0.2, 0) is 25.7 Å². The van der Waals surface area contributed by atoms with Crippen molar-refractivity contribution in [3.8, 4) is 0 Å². The minimum Gasteiger partial charge on any atom is -0.475 e. The van der Waals surface area contributed by atoms with Crippen LogP contribution in [0.5, 0.6) is 0 Å². The number of carboxylic acids is 2. The fraction of sp³-hybridized carbons (Fsp3) is 0.556. The third kappa shape index (κ3) is 10.5. The topological polar surface area (TPSA) is 129 Å². The zero-order chi connectivity index (χ0) is 25.3. The molecule has 0 atom stereocenters. The molecular weight excluding hydrogens is 468 g/mol. The summed E-state index contributed by atoms with van der Waals surface area (Å²) in [7, 11) is 0. The van der Waals surface area contributed by atoms with Gasteiger partial charge in [0.1, 0.15) is 6.61 Å². The van der Waals surface area contributed by atoms with Crippen LogP contribution < -0.4 is 5.32 Å². The van der Waals surface area contributed by atoms with Gasteiger partial charge in [0.25, 0.3) is 0 Å². The van der Waals surface area contributed by atoms with Gasteiger partial charge in [0.05, 0.1) is 5.60 Å². The smallest absolute Gasteiger partial charge is 0.475 e. The van der Waals surface area contributed by atoms with Gasteiger partial charge in [-0.2, -0.15) is 26.3 Å². The van der Waals surface area contributed by atoms with Crippen LogP contribution in [0.4, 0.5) is 26.3 Å². The quantitative estimate of drug-likeness (QED) is 0.537. The van der Waals surface area contributed by atoms with Crippen LogP contribution in [0.2, 0.25) is 0 Å². The molecule has 0 bridgehead atoms. The van der Waals surface area contributed by atoms with Crippen molar-refractivity contribution in [3.63, 3.8) is 0 Å². The van der Waals surface area contributed by atoms with Crippen molar-refractivity contribution in [1.29, 1.82) is 0 Å². The molecule has 1 aromatic rings. The molecule has 0 aromatic carbocycles. The Bertz CT molecular complexity index is 759. The summed E-state index contributed by atoms with van der Waals surface area (Å²) in [6.07, 6.45) is -4.53. The number of aliphatic carboxylic acids is 2. The van der Waals surface area contributed by atoms with Gasteiger partial charge in [0.2, 0.25) is 5.91 Å². The summed E-state index contributed by atoms with van der Waals surface area (Å²) in [5.74, 6) is -5.51. The molecule has 0 radical (unpaired) electrons. The van der Waals surface area contributed by atoms with E-state index in [1.165, 1.54) is 5.56 Å². The minimum absolute atomic E-state index is 0.00448. The van der Waals surface area contributed by atoms with E-state index < -0.39 is 24.3 Å². The van der Waals surface area contributed by atoms with Crippen molar-refractivity contribution < 1.29 is 55.7 Å². The van der Waals surface area contributed by atoms with E-state index in [2.05, 4.69) is 27.3 Å². The van der Waals surface area contributed by atoms with Crippen molar-refractivity contribution in [2.75, 3.05) is 26.2 Å². The van der Waals surface area contributed by atoms with E-state index in [4.69, 9.17) is 24.5 Å². The standard InChI is InChI=1S/C14H19N3O2.2C2HF3O2/c18-13-10-19-14(11-16-13)3-7-17(8-4-14)9-12-1-5-15-6-2-12;2*3-2(4,5)1(6)7/h1-2,5-6H,3-4,7-11H2,(H,16,18);2*(H,6,7). The molecule has 2 aliphatic heterocycles. The van der Waals surface area contributed by atoms with Gasteiger partial charge in [-0.15, -0.1) is 0 Å². The molecule has 1 spiro atoms. The first-order valence-corrected chi connectivity index (χ1v) is 9.27. The van der Waals surface area contributed by atoms with Gasteiger partial charge in [-0.1, -0.05) is 0 Å². The number of rotatable bonds is 2. The fourth-order valence-corrected chi connectivity index (χ4v) is 2.77. The Balaban J connectivity index is 0.000000324. The molecule has 15 heteroatoms. The first-order chi connectivity index (χ1) is 15.1. The summed E-state index contributed by atoms with van der Waals surface area (Å²) in [5, 5.41) is 17.2. The van der Waals surface area contributed by atoms with Crippen LogP contribution in [0.15, 0.2) is 24.5 Å². The number of alkyl halides is 6. The van der Waals surface area contributed by atoms with Gasteiger partial charge >= 0.3 is 24.3 Å². The fourth-order valence-electron chi connectivity index (χ4n) is 2.77. The summed E-state index contributed by atoms with van der Waals surface area (Å²) < 4.78 is 69.2. The maximum absolute atomic E-state index is 11.1. The lowest BCUT2D eigenvalue weighted by Crippen LogP contribution is -2.57. The second-order valence-electron chi connectivity index (χ2n) is 6.99. The number of nitrogens with one attached hydrogen (secondary N) is 1. The predicted molar refractivity (Wildman–Crippen MR) is 97.8 cm³/mol. The van der Waals surface area contributed by atoms with Gasteiger partial charge in [-0.3, -0.25) is 14.7 Å². The van der Waals surface area contributed by atoms with Crippen LogP contribution in [0.3, 0.4) is 0 Å². The zero-order valence-electron chi connectivity index (χ0n) is 16.9. The van der Waals surface area contributed by atoms with Gasteiger partial charge in [-0.25, -0.2) is 9.59 Å². The first-order valence-electron chi connectivity index (χ1n) is 9.27. The van der Waals surface area contributed by atoms with Crippen LogP contribution in [0, 0.1) is 0 Å². The van der Waals surface area contributed by atoms with Crippen molar-refractivity contribution in [1.82, 2.24) is 15.2 Å². The minimum atomic E-state index is -5.08. The second kappa shape index (κ2) is 11.8. The molecule has 0 aliphatic carbocycles. The molecule has 2 fully saturated rings. The highest BCUT2D eigenvalue weighted by atomic mass is 19.4. The van der Waals surface area contributed by atoms with Crippen LogP contribution >= 0.6 is 0 Å². The number of carboxylic acid groups (broad SMARTS) is 2. The van der Waals surface area contributed by atoms with E-state index >= 15 is 0 Å². The molecule has 0 unspecified atom stereocenters. The summed E-state index contributed by atoms with van der Waals surface area (Å²) in [4.78, 5) is 35.4. The lowest BCUT2D eigenvalue weighted by molar-refractivity contribution is -0.193. The van der Waals surface area contributed by atoms with Gasteiger partial charge in [-0.05, 0) is 30.5 Å². The molecule has 1 aromatic heterocycles. The highest BCUT2D eigenvalue weighted by Gasteiger charge is 2.39. The molecule has 3 N–H and O–H groups in total. The summed E-state index contributed by atoms with van der Waals surface area (Å²) in [6.45, 7) is 3.86. The number of amides is 1. The monoisotopic (exact) mass is 489 g/mol. The number of nitrogens with zero attached hydrogens (tertiary/aromatic N) is 2. The van der Waals surface area contributed by atoms with E-state index in [-0.39, 0.29) is 18.1 Å². The number of carbonyl (C=O) groups excluding carboxylic acids is 1. The summed E-state index contributed by atoms with van der Waals surface area (Å²) >= 11 is 0. The molecule has 3 rings (SSSR count). The molecule has 2 aliphatic rings. The molecular formula is C18H21F6N3O6. The highest BCUT2D eigenvalue weighted by Crippen LogP contribution is 2.28. The van der Waals surface area contributed by atoms with Crippen LogP contribution in [0.25, 0.3) is 0 Å². The van der Waals surface area contributed by atoms with E-state index in [0.29, 0.717) is 6.54 Å². The van der Waals surface area contributed by atoms with E-state index in [1.54, 1.807) is 0 Å². The van der Waals surface area contributed by atoms with Crippen LogP contribution in [-0.4, -0.2) is 82.1 Å². The molecule has 3 heterocycles. The Labute approximate surface area is 183 Å². The predicted octanol–water partition coefficient (Wildman–Crippen LogP) is 1.83. The molecule has 1 amide bonds. The second-order valence-corrected chi connectivity index (χ2v) is 6.99. The maximum atomic E-state index is 11.1. The zero-order valence-corrected chi connectivity index (χ0v) is 16.9. The number of morpholine rings is 1. The summed E-state index contributed by atoms with van der Waals surface area (Å²) in [6, 6.07) is 4.11. The number of ether oxygens (including phenoxy) is 1. The Morgan fingerprint density at radius 3 is 1.85 bits per heavy atom. The third-order valence-electron chi connectivity index (χ3n) is 4.53. The summed E-state index contributed by atoms with van der Waals surface area (Å²) in [5.41, 5.74) is 1.17. The van der Waals surface area contributed by atoms with Gasteiger partial charge in [0.15, 0.2) is 0 Å². The van der Waals surface area contributed by atoms with Crippen molar-refractivity contribution >= 4 is 17.8 Å². The number of halogens is 6.